The summed E-state index contributed by atoms with van der Waals surface area (Å²) in [5.74, 6) is -4.04. The first-order chi connectivity index (χ1) is 11.5. The molecule has 0 aliphatic carbocycles. The lowest BCUT2D eigenvalue weighted by molar-refractivity contribution is -0.149. The van der Waals surface area contributed by atoms with Gasteiger partial charge in [0.15, 0.2) is 5.92 Å². The molecule has 0 amide bonds. The summed E-state index contributed by atoms with van der Waals surface area (Å²) in [5.41, 5.74) is 0.760. The normalized spacial score (nSPS) is 11.4. The van der Waals surface area contributed by atoms with E-state index < -0.39 is 23.8 Å². The van der Waals surface area contributed by atoms with Crippen LogP contribution in [0.4, 0.5) is 0 Å². The second-order valence-electron chi connectivity index (χ2n) is 4.96. The Labute approximate surface area is 138 Å². The molecular weight excluding hydrogens is 312 g/mol. The summed E-state index contributed by atoms with van der Waals surface area (Å²) in [4.78, 5) is 35.2. The molecule has 6 heteroatoms. The molecule has 2 rings (SSSR count). The molecule has 6 nitrogen and oxygen atoms in total. The fourth-order valence-corrected chi connectivity index (χ4v) is 2.17. The number of benzene rings is 2. The maximum absolute atomic E-state index is 12.3. The Kier molecular flexibility index (Phi) is 5.68. The molecule has 0 fully saturated rings. The fraction of sp³-hybridized carbons (Fsp3) is 0.167. The van der Waals surface area contributed by atoms with Gasteiger partial charge in [-0.3, -0.25) is 14.4 Å². The van der Waals surface area contributed by atoms with Crippen molar-refractivity contribution in [1.29, 1.82) is 0 Å². The van der Waals surface area contributed by atoms with Gasteiger partial charge in [-0.05, 0) is 11.6 Å². The molecular formula is C18H16O6. The van der Waals surface area contributed by atoms with Crippen LogP contribution in [0.5, 0.6) is 5.75 Å². The highest BCUT2D eigenvalue weighted by atomic mass is 16.5. The highest BCUT2D eigenvalue weighted by Gasteiger charge is 2.30. The molecule has 0 aromatic heterocycles. The predicted octanol–water partition coefficient (Wildman–Crippen LogP) is 2.18. The number of carboxylic acids is 1. The summed E-state index contributed by atoms with van der Waals surface area (Å²) in [6.45, 7) is 0. The highest BCUT2D eigenvalue weighted by Crippen LogP contribution is 2.23. The number of carboxylic acid groups (broad SMARTS) is 1. The number of ether oxygens (including phenoxy) is 2. The fourth-order valence-electron chi connectivity index (χ4n) is 2.17. The standard InChI is InChI=1S/C18H16O6/c1-23-15(19)11-13-9-5-6-10-14(13)24-18(22)16(17(20)21)12-7-3-2-4-8-12/h2-10,16H,11H2,1H3,(H,20,21)/t16-/m1/s1. The summed E-state index contributed by atoms with van der Waals surface area (Å²) < 4.78 is 9.84. The minimum absolute atomic E-state index is 0.0803. The van der Waals surface area contributed by atoms with Gasteiger partial charge in [-0.25, -0.2) is 0 Å². The SMILES string of the molecule is COC(=O)Cc1ccccc1OC(=O)[C@@H](C(=O)O)c1ccccc1. The number of carbonyl (C=O) groups excluding carboxylic acids is 2. The molecule has 0 saturated heterocycles. The molecule has 0 radical (unpaired) electrons. The lowest BCUT2D eigenvalue weighted by atomic mass is 9.99. The quantitative estimate of drug-likeness (QED) is 0.496. The van der Waals surface area contributed by atoms with Crippen LogP contribution in [0.2, 0.25) is 0 Å². The Morgan fingerprint density at radius 2 is 1.62 bits per heavy atom. The minimum Gasteiger partial charge on any atom is -0.480 e. The van der Waals surface area contributed by atoms with E-state index in [-0.39, 0.29) is 12.2 Å². The van der Waals surface area contributed by atoms with Gasteiger partial charge >= 0.3 is 17.9 Å². The molecule has 0 bridgehead atoms. The molecule has 2 aromatic carbocycles. The number of para-hydroxylation sites is 1. The van der Waals surface area contributed by atoms with Crippen molar-refractivity contribution >= 4 is 17.9 Å². The van der Waals surface area contributed by atoms with E-state index in [2.05, 4.69) is 4.74 Å². The summed E-state index contributed by atoms with van der Waals surface area (Å²) in [6, 6.07) is 14.5. The Morgan fingerprint density at radius 3 is 2.25 bits per heavy atom. The molecule has 1 N–H and O–H groups in total. The molecule has 0 unspecified atom stereocenters. The smallest absolute Gasteiger partial charge is 0.330 e. The van der Waals surface area contributed by atoms with Crippen molar-refractivity contribution in [3.05, 3.63) is 65.7 Å². The molecule has 24 heavy (non-hydrogen) atoms. The predicted molar refractivity (Wildman–Crippen MR) is 84.6 cm³/mol. The first kappa shape index (κ1) is 17.2. The van der Waals surface area contributed by atoms with Gasteiger partial charge in [0.1, 0.15) is 5.75 Å². The summed E-state index contributed by atoms with van der Waals surface area (Å²) in [7, 11) is 1.26. The number of rotatable bonds is 6. The van der Waals surface area contributed by atoms with E-state index >= 15 is 0 Å². The maximum Gasteiger partial charge on any atom is 0.330 e. The number of methoxy groups -OCH3 is 1. The molecule has 0 saturated carbocycles. The molecule has 124 valence electrons. The van der Waals surface area contributed by atoms with Crippen molar-refractivity contribution in [2.75, 3.05) is 7.11 Å². The monoisotopic (exact) mass is 328 g/mol. The van der Waals surface area contributed by atoms with Crippen LogP contribution in [0.15, 0.2) is 54.6 Å². The second kappa shape index (κ2) is 7.92. The maximum atomic E-state index is 12.3. The van der Waals surface area contributed by atoms with Gasteiger partial charge in [0, 0.05) is 5.56 Å². The van der Waals surface area contributed by atoms with E-state index in [9.17, 15) is 19.5 Å². The molecule has 0 aliphatic heterocycles. The second-order valence-corrected chi connectivity index (χ2v) is 4.96. The molecule has 0 aliphatic rings. The largest absolute Gasteiger partial charge is 0.480 e. The van der Waals surface area contributed by atoms with Crippen molar-refractivity contribution in [2.45, 2.75) is 12.3 Å². The van der Waals surface area contributed by atoms with E-state index in [0.29, 0.717) is 11.1 Å². The van der Waals surface area contributed by atoms with E-state index in [1.807, 2.05) is 0 Å². The van der Waals surface area contributed by atoms with Crippen LogP contribution in [0.25, 0.3) is 0 Å². The average molecular weight is 328 g/mol. The van der Waals surface area contributed by atoms with E-state index in [1.54, 1.807) is 48.5 Å². The number of esters is 2. The van der Waals surface area contributed by atoms with Crippen molar-refractivity contribution in [1.82, 2.24) is 0 Å². The van der Waals surface area contributed by atoms with Gasteiger partial charge in [0.25, 0.3) is 0 Å². The van der Waals surface area contributed by atoms with Gasteiger partial charge in [-0.15, -0.1) is 0 Å². The van der Waals surface area contributed by atoms with Crippen LogP contribution in [0.1, 0.15) is 17.0 Å². The summed E-state index contributed by atoms with van der Waals surface area (Å²) in [5, 5.41) is 9.35. The van der Waals surface area contributed by atoms with Gasteiger partial charge in [-0.2, -0.15) is 0 Å². The van der Waals surface area contributed by atoms with Crippen LogP contribution in [-0.2, 0) is 25.5 Å². The Balaban J connectivity index is 2.25. The molecule has 0 heterocycles. The minimum atomic E-state index is -1.45. The molecule has 2 aromatic rings. The third-order valence-electron chi connectivity index (χ3n) is 3.36. The Bertz CT molecular complexity index is 738. The topological polar surface area (TPSA) is 89.9 Å². The van der Waals surface area contributed by atoms with Crippen molar-refractivity contribution < 1.29 is 29.0 Å². The van der Waals surface area contributed by atoms with Gasteiger partial charge < -0.3 is 14.6 Å². The van der Waals surface area contributed by atoms with Crippen molar-refractivity contribution in [3.8, 4) is 5.75 Å². The van der Waals surface area contributed by atoms with E-state index in [4.69, 9.17) is 4.74 Å². The van der Waals surface area contributed by atoms with Gasteiger partial charge in [-0.1, -0.05) is 48.5 Å². The zero-order valence-corrected chi connectivity index (χ0v) is 13.0. The summed E-state index contributed by atoms with van der Waals surface area (Å²) >= 11 is 0. The number of hydrogen-bond acceptors (Lipinski definition) is 5. The summed E-state index contributed by atoms with van der Waals surface area (Å²) in [6.07, 6.45) is -0.0803. The zero-order chi connectivity index (χ0) is 17.5. The molecule has 0 spiro atoms. The van der Waals surface area contributed by atoms with E-state index in [0.717, 1.165) is 0 Å². The molecule has 1 atom stereocenters. The first-order valence-electron chi connectivity index (χ1n) is 7.17. The van der Waals surface area contributed by atoms with Crippen LogP contribution >= 0.6 is 0 Å². The average Bonchev–Trinajstić information content (AvgIpc) is 2.57. The van der Waals surface area contributed by atoms with Gasteiger partial charge in [0.2, 0.25) is 0 Å². The zero-order valence-electron chi connectivity index (χ0n) is 13.0. The van der Waals surface area contributed by atoms with Crippen molar-refractivity contribution in [2.24, 2.45) is 0 Å². The van der Waals surface area contributed by atoms with Crippen LogP contribution < -0.4 is 4.74 Å². The lowest BCUT2D eigenvalue weighted by Gasteiger charge is -2.14. The lowest BCUT2D eigenvalue weighted by Crippen LogP contribution is -2.26. The Morgan fingerprint density at radius 1 is 1.00 bits per heavy atom. The highest BCUT2D eigenvalue weighted by molar-refractivity contribution is 6.00. The van der Waals surface area contributed by atoms with Gasteiger partial charge in [0.05, 0.1) is 13.5 Å². The van der Waals surface area contributed by atoms with Crippen LogP contribution in [0.3, 0.4) is 0 Å². The Hall–Kier alpha value is -3.15. The van der Waals surface area contributed by atoms with E-state index in [1.165, 1.54) is 13.2 Å². The first-order valence-corrected chi connectivity index (χ1v) is 7.17. The van der Waals surface area contributed by atoms with Crippen LogP contribution in [0, 0.1) is 0 Å². The third-order valence-corrected chi connectivity index (χ3v) is 3.36. The van der Waals surface area contributed by atoms with Crippen LogP contribution in [-0.4, -0.2) is 30.1 Å². The number of hydrogen-bond donors (Lipinski definition) is 1. The third kappa shape index (κ3) is 4.19. The number of aliphatic carboxylic acids is 1. The number of carbonyl (C=O) groups is 3. The van der Waals surface area contributed by atoms with Crippen molar-refractivity contribution in [3.63, 3.8) is 0 Å².